The number of ether oxygens (including phenoxy) is 1. The maximum Gasteiger partial charge on any atom is 0.331 e. The molecule has 1 amide bonds. The van der Waals surface area contributed by atoms with E-state index in [4.69, 9.17) is 4.74 Å². The van der Waals surface area contributed by atoms with E-state index in [9.17, 15) is 14.7 Å². The molecule has 1 fully saturated rings. The number of fused-ring (bicyclic) bond motifs is 1. The third-order valence-corrected chi connectivity index (χ3v) is 5.99. The van der Waals surface area contributed by atoms with Crippen LogP contribution >= 0.6 is 0 Å². The number of amides is 1. The smallest absolute Gasteiger partial charge is 0.331 e. The second-order valence-corrected chi connectivity index (χ2v) is 8.03. The average Bonchev–Trinajstić information content (AvgIpc) is 3.50. The molecule has 5 rings (SSSR count). The summed E-state index contributed by atoms with van der Waals surface area (Å²) in [5.41, 5.74) is 4.40. The molecule has 0 unspecified atom stereocenters. The van der Waals surface area contributed by atoms with Gasteiger partial charge in [-0.2, -0.15) is 0 Å². The Morgan fingerprint density at radius 1 is 1.10 bits per heavy atom. The third-order valence-electron chi connectivity index (χ3n) is 5.99. The molecular weight excluding hydrogens is 382 g/mol. The molecule has 2 aliphatic rings. The van der Waals surface area contributed by atoms with Crippen LogP contribution in [0.5, 0.6) is 11.6 Å². The highest BCUT2D eigenvalue weighted by Crippen LogP contribution is 2.40. The number of benzene rings is 2. The van der Waals surface area contributed by atoms with Crippen molar-refractivity contribution in [3.8, 4) is 22.8 Å². The lowest BCUT2D eigenvalue weighted by Gasteiger charge is -2.13. The fraction of sp³-hybridized carbons (Fsp3) is 0.304. The van der Waals surface area contributed by atoms with Crippen molar-refractivity contribution in [2.75, 3.05) is 7.11 Å². The molecule has 0 bridgehead atoms. The minimum atomic E-state index is -0.259. The molecule has 30 heavy (non-hydrogen) atoms. The second kappa shape index (κ2) is 6.79. The molecule has 1 aliphatic heterocycles. The third kappa shape index (κ3) is 2.98. The molecule has 1 saturated carbocycles. The first-order chi connectivity index (χ1) is 14.5. The van der Waals surface area contributed by atoms with Gasteiger partial charge in [-0.25, -0.2) is 4.79 Å². The number of aromatic nitrogens is 2. The minimum absolute atomic E-state index is 0.0587. The van der Waals surface area contributed by atoms with Crippen LogP contribution in [-0.2, 0) is 20.1 Å². The summed E-state index contributed by atoms with van der Waals surface area (Å²) in [6.07, 6.45) is 3.60. The normalized spacial score (nSPS) is 15.5. The zero-order chi connectivity index (χ0) is 21.0. The van der Waals surface area contributed by atoms with E-state index in [1.807, 2.05) is 35.2 Å². The first-order valence-electron chi connectivity index (χ1n) is 10.0. The fourth-order valence-corrected chi connectivity index (χ4v) is 4.13. The molecule has 2 heterocycles. The number of aromatic hydroxyl groups is 1. The van der Waals surface area contributed by atoms with Gasteiger partial charge in [0.1, 0.15) is 5.75 Å². The highest BCUT2D eigenvalue weighted by molar-refractivity contribution is 6.02. The molecule has 1 aromatic heterocycles. The van der Waals surface area contributed by atoms with E-state index in [2.05, 4.69) is 6.07 Å². The number of methoxy groups -OCH3 is 1. The Morgan fingerprint density at radius 2 is 1.83 bits per heavy atom. The minimum Gasteiger partial charge on any atom is -0.496 e. The Balaban J connectivity index is 1.43. The van der Waals surface area contributed by atoms with Crippen molar-refractivity contribution in [1.29, 1.82) is 0 Å². The van der Waals surface area contributed by atoms with Crippen LogP contribution in [0, 0.1) is 0 Å². The van der Waals surface area contributed by atoms with Gasteiger partial charge in [-0.05, 0) is 47.2 Å². The van der Waals surface area contributed by atoms with Crippen LogP contribution in [0.3, 0.4) is 0 Å². The summed E-state index contributed by atoms with van der Waals surface area (Å²) < 4.78 is 8.23. The van der Waals surface area contributed by atoms with Crippen molar-refractivity contribution < 1.29 is 14.6 Å². The predicted octanol–water partition coefficient (Wildman–Crippen LogP) is 2.73. The topological polar surface area (TPSA) is 76.7 Å². The summed E-state index contributed by atoms with van der Waals surface area (Å²) in [5, 5.41) is 9.70. The van der Waals surface area contributed by atoms with Crippen molar-refractivity contribution in [3.05, 3.63) is 69.8 Å². The fourth-order valence-electron chi connectivity index (χ4n) is 4.13. The lowest BCUT2D eigenvalue weighted by Crippen LogP contribution is -2.26. The molecule has 7 heteroatoms. The van der Waals surface area contributed by atoms with E-state index in [1.54, 1.807) is 7.11 Å². The van der Waals surface area contributed by atoms with Crippen LogP contribution in [0.15, 0.2) is 47.4 Å². The lowest BCUT2D eigenvalue weighted by molar-refractivity contribution is 0.0764. The lowest BCUT2D eigenvalue weighted by atomic mass is 9.98. The van der Waals surface area contributed by atoms with Crippen LogP contribution < -0.4 is 10.4 Å². The molecule has 1 N–H and O–H groups in total. The molecule has 7 nitrogen and oxygen atoms in total. The number of hydrogen-bond donors (Lipinski definition) is 1. The molecule has 2 aromatic carbocycles. The summed E-state index contributed by atoms with van der Waals surface area (Å²) in [6, 6.07) is 12.3. The van der Waals surface area contributed by atoms with Gasteiger partial charge in [0, 0.05) is 19.6 Å². The van der Waals surface area contributed by atoms with Crippen LogP contribution in [0.25, 0.3) is 11.1 Å². The molecule has 3 aromatic rings. The summed E-state index contributed by atoms with van der Waals surface area (Å²) in [7, 11) is 3.14. The molecule has 154 valence electrons. The summed E-state index contributed by atoms with van der Waals surface area (Å²) in [5.74, 6) is 0.630. The van der Waals surface area contributed by atoms with Crippen molar-refractivity contribution in [2.24, 2.45) is 7.05 Å². The van der Waals surface area contributed by atoms with Gasteiger partial charge >= 0.3 is 5.69 Å². The Hall–Kier alpha value is -3.48. The Bertz CT molecular complexity index is 1200. The van der Waals surface area contributed by atoms with Crippen LogP contribution in [0.1, 0.15) is 34.3 Å². The zero-order valence-electron chi connectivity index (χ0n) is 17.0. The molecule has 0 saturated heterocycles. The molecular formula is C23H23N3O4. The molecule has 0 spiro atoms. The van der Waals surface area contributed by atoms with Gasteiger partial charge in [0.25, 0.3) is 5.91 Å². The average molecular weight is 405 g/mol. The van der Waals surface area contributed by atoms with E-state index < -0.39 is 0 Å². The highest BCUT2D eigenvalue weighted by atomic mass is 16.5. The molecule has 0 atom stereocenters. The summed E-state index contributed by atoms with van der Waals surface area (Å²) in [4.78, 5) is 26.8. The number of nitrogens with zero attached hydrogens (tertiary/aromatic N) is 3. The second-order valence-electron chi connectivity index (χ2n) is 8.03. The Kier molecular flexibility index (Phi) is 4.20. The van der Waals surface area contributed by atoms with E-state index >= 15 is 0 Å². The number of hydrogen-bond acceptors (Lipinski definition) is 4. The van der Waals surface area contributed by atoms with Gasteiger partial charge in [0.05, 0.1) is 25.4 Å². The largest absolute Gasteiger partial charge is 0.496 e. The quantitative estimate of drug-likeness (QED) is 0.708. The Labute approximate surface area is 173 Å². The zero-order valence-corrected chi connectivity index (χ0v) is 17.0. The maximum absolute atomic E-state index is 12.8. The van der Waals surface area contributed by atoms with Gasteiger partial charge in [-0.1, -0.05) is 24.3 Å². The standard InChI is InChI=1S/C23H23N3O4/c1-24-20(27)13-25(23(24)29)11-14-3-5-15(6-4-14)16-9-17-12-26(18-7-8-18)22(28)21(17)19(10-16)30-2/h3-6,9-10,13,18,27H,7-8,11-12H2,1-2H3. The van der Waals surface area contributed by atoms with E-state index in [1.165, 1.54) is 22.4 Å². The number of imidazole rings is 1. The van der Waals surface area contributed by atoms with Crippen molar-refractivity contribution in [1.82, 2.24) is 14.0 Å². The maximum atomic E-state index is 12.8. The van der Waals surface area contributed by atoms with Gasteiger partial charge in [0.15, 0.2) is 0 Å². The SMILES string of the molecule is COc1cc(-c2ccc(Cn3cc(O)n(C)c3=O)cc2)cc2c1C(=O)N(C1CC1)C2. The number of carbonyl (C=O) groups excluding carboxylic acids is 1. The van der Waals surface area contributed by atoms with Crippen molar-refractivity contribution in [2.45, 2.75) is 32.0 Å². The summed E-state index contributed by atoms with van der Waals surface area (Å²) >= 11 is 0. The van der Waals surface area contributed by atoms with Gasteiger partial charge in [0.2, 0.25) is 5.88 Å². The number of rotatable bonds is 5. The van der Waals surface area contributed by atoms with E-state index in [0.717, 1.165) is 35.1 Å². The van der Waals surface area contributed by atoms with Gasteiger partial charge in [-0.15, -0.1) is 0 Å². The van der Waals surface area contributed by atoms with Crippen molar-refractivity contribution in [3.63, 3.8) is 0 Å². The van der Waals surface area contributed by atoms with Gasteiger partial charge < -0.3 is 14.7 Å². The first kappa shape index (κ1) is 18.5. The Morgan fingerprint density at radius 3 is 2.43 bits per heavy atom. The van der Waals surface area contributed by atoms with Crippen molar-refractivity contribution >= 4 is 5.91 Å². The molecule has 1 aliphatic carbocycles. The van der Waals surface area contributed by atoms with Crippen LogP contribution in [0.4, 0.5) is 0 Å². The first-order valence-corrected chi connectivity index (χ1v) is 10.0. The summed E-state index contributed by atoms with van der Waals surface area (Å²) in [6.45, 7) is 1.02. The molecule has 0 radical (unpaired) electrons. The highest BCUT2D eigenvalue weighted by Gasteiger charge is 2.40. The van der Waals surface area contributed by atoms with E-state index in [0.29, 0.717) is 30.4 Å². The monoisotopic (exact) mass is 405 g/mol. The van der Waals surface area contributed by atoms with Gasteiger partial charge in [-0.3, -0.25) is 13.9 Å². The van der Waals surface area contributed by atoms with E-state index in [-0.39, 0.29) is 17.5 Å². The van der Waals surface area contributed by atoms with Crippen LogP contribution in [0.2, 0.25) is 0 Å². The number of carbonyl (C=O) groups is 1. The van der Waals surface area contributed by atoms with Crippen LogP contribution in [-0.4, -0.2) is 38.2 Å². The predicted molar refractivity (Wildman–Crippen MR) is 112 cm³/mol.